The van der Waals surface area contributed by atoms with Crippen molar-refractivity contribution in [3.05, 3.63) is 66.2 Å². The Hall–Kier alpha value is -3.61. The Labute approximate surface area is 179 Å². The van der Waals surface area contributed by atoms with Crippen LogP contribution in [0.5, 0.6) is 0 Å². The molecule has 7 heteroatoms. The molecule has 0 spiro atoms. The van der Waals surface area contributed by atoms with E-state index in [2.05, 4.69) is 4.98 Å². The van der Waals surface area contributed by atoms with E-state index in [1.807, 2.05) is 60.1 Å². The van der Waals surface area contributed by atoms with Gasteiger partial charge in [-0.15, -0.1) is 0 Å². The Morgan fingerprint density at radius 3 is 2.65 bits per heavy atom. The van der Waals surface area contributed by atoms with Crippen LogP contribution in [0.2, 0.25) is 0 Å². The van der Waals surface area contributed by atoms with Gasteiger partial charge in [-0.3, -0.25) is 4.79 Å². The third-order valence-electron chi connectivity index (χ3n) is 5.95. The molecule has 4 aromatic rings. The Morgan fingerprint density at radius 1 is 1.10 bits per heavy atom. The zero-order chi connectivity index (χ0) is 21.4. The van der Waals surface area contributed by atoms with Gasteiger partial charge in [-0.25, -0.2) is 9.78 Å². The van der Waals surface area contributed by atoms with Crippen molar-refractivity contribution in [1.29, 1.82) is 0 Å². The first-order valence-corrected chi connectivity index (χ1v) is 10.4. The van der Waals surface area contributed by atoms with Gasteiger partial charge >= 0.3 is 5.97 Å². The van der Waals surface area contributed by atoms with Crippen molar-refractivity contribution >= 4 is 33.9 Å². The third-order valence-corrected chi connectivity index (χ3v) is 5.95. The van der Waals surface area contributed by atoms with E-state index in [0.717, 1.165) is 40.7 Å². The highest BCUT2D eigenvalue weighted by molar-refractivity contribution is 6.04. The Kier molecular flexibility index (Phi) is 4.94. The summed E-state index contributed by atoms with van der Waals surface area (Å²) >= 11 is 0. The average Bonchev–Trinajstić information content (AvgIpc) is 3.39. The molecule has 31 heavy (non-hydrogen) atoms. The Bertz CT molecular complexity index is 1230. The van der Waals surface area contributed by atoms with Crippen LogP contribution in [0.15, 0.2) is 59.1 Å². The number of oxazole rings is 1. The largest absolute Gasteiger partial charge is 0.452 e. The van der Waals surface area contributed by atoms with E-state index >= 15 is 0 Å². The summed E-state index contributed by atoms with van der Waals surface area (Å²) in [6.45, 7) is 0.928. The molecule has 1 aliphatic heterocycles. The maximum Gasteiger partial charge on any atom is 0.340 e. The lowest BCUT2D eigenvalue weighted by molar-refractivity contribution is -0.135. The predicted molar refractivity (Wildman–Crippen MR) is 116 cm³/mol. The number of rotatable bonds is 4. The van der Waals surface area contributed by atoms with Crippen molar-refractivity contribution in [2.75, 3.05) is 19.7 Å². The molecule has 0 aliphatic carbocycles. The highest BCUT2D eigenvalue weighted by Gasteiger charge is 2.27. The van der Waals surface area contributed by atoms with Crippen molar-refractivity contribution in [3.8, 4) is 0 Å². The number of amides is 1. The molecule has 0 saturated carbocycles. The molecule has 0 bridgehead atoms. The number of ether oxygens (including phenoxy) is 1. The van der Waals surface area contributed by atoms with Gasteiger partial charge in [0.15, 0.2) is 18.1 Å². The number of fused-ring (bicyclic) bond motifs is 2. The Morgan fingerprint density at radius 2 is 1.84 bits per heavy atom. The third kappa shape index (κ3) is 3.67. The van der Waals surface area contributed by atoms with E-state index < -0.39 is 5.97 Å². The first-order chi connectivity index (χ1) is 15.1. The second-order valence-corrected chi connectivity index (χ2v) is 7.92. The van der Waals surface area contributed by atoms with Gasteiger partial charge in [-0.2, -0.15) is 0 Å². The average molecular weight is 417 g/mol. The molecule has 7 nitrogen and oxygen atoms in total. The highest BCUT2D eigenvalue weighted by atomic mass is 16.5. The molecule has 0 atom stereocenters. The summed E-state index contributed by atoms with van der Waals surface area (Å²) in [5.41, 5.74) is 3.07. The van der Waals surface area contributed by atoms with Gasteiger partial charge in [-0.05, 0) is 31.0 Å². The summed E-state index contributed by atoms with van der Waals surface area (Å²) in [6.07, 6.45) is 3.29. The van der Waals surface area contributed by atoms with E-state index in [1.54, 1.807) is 11.1 Å². The van der Waals surface area contributed by atoms with Crippen LogP contribution in [-0.2, 0) is 16.6 Å². The van der Waals surface area contributed by atoms with E-state index in [-0.39, 0.29) is 18.4 Å². The summed E-state index contributed by atoms with van der Waals surface area (Å²) in [5.74, 6) is 0.265. The molecule has 1 amide bonds. The zero-order valence-electron chi connectivity index (χ0n) is 17.3. The number of nitrogens with zero attached hydrogens (tertiary/aromatic N) is 3. The molecular formula is C24H23N3O4. The van der Waals surface area contributed by atoms with Gasteiger partial charge in [0.2, 0.25) is 0 Å². The number of aryl methyl sites for hydroxylation is 1. The lowest BCUT2D eigenvalue weighted by Crippen LogP contribution is -2.40. The molecule has 3 heterocycles. The minimum Gasteiger partial charge on any atom is -0.452 e. The van der Waals surface area contributed by atoms with Gasteiger partial charge in [-0.1, -0.05) is 30.3 Å². The van der Waals surface area contributed by atoms with Crippen LogP contribution in [0, 0.1) is 0 Å². The van der Waals surface area contributed by atoms with E-state index in [0.29, 0.717) is 18.7 Å². The molecule has 0 N–H and O–H groups in total. The number of benzene rings is 2. The molecule has 1 saturated heterocycles. The minimum absolute atomic E-state index is 0.176. The number of piperidine rings is 1. The predicted octanol–water partition coefficient (Wildman–Crippen LogP) is 3.88. The molecule has 0 radical (unpaired) electrons. The lowest BCUT2D eigenvalue weighted by Gasteiger charge is -2.30. The summed E-state index contributed by atoms with van der Waals surface area (Å²) in [5, 5.41) is 0.821. The van der Waals surface area contributed by atoms with Crippen LogP contribution in [0.3, 0.4) is 0 Å². The van der Waals surface area contributed by atoms with Gasteiger partial charge in [0.1, 0.15) is 5.52 Å². The number of hydrogen-bond donors (Lipinski definition) is 0. The van der Waals surface area contributed by atoms with Gasteiger partial charge in [0.25, 0.3) is 5.91 Å². The van der Waals surface area contributed by atoms with Crippen LogP contribution in [0.4, 0.5) is 0 Å². The van der Waals surface area contributed by atoms with E-state index in [4.69, 9.17) is 9.15 Å². The van der Waals surface area contributed by atoms with Crippen LogP contribution >= 0.6 is 0 Å². The van der Waals surface area contributed by atoms with Crippen LogP contribution in [0.1, 0.15) is 35.0 Å². The summed E-state index contributed by atoms with van der Waals surface area (Å²) in [7, 11) is 1.88. The highest BCUT2D eigenvalue weighted by Crippen LogP contribution is 2.30. The number of para-hydroxylation sites is 3. The molecule has 5 rings (SSSR count). The van der Waals surface area contributed by atoms with Crippen molar-refractivity contribution in [2.24, 2.45) is 7.05 Å². The summed E-state index contributed by atoms with van der Waals surface area (Å²) < 4.78 is 13.1. The van der Waals surface area contributed by atoms with Crippen molar-refractivity contribution in [2.45, 2.75) is 18.8 Å². The quantitative estimate of drug-likeness (QED) is 0.471. The fourth-order valence-corrected chi connectivity index (χ4v) is 4.24. The Balaban J connectivity index is 1.17. The van der Waals surface area contributed by atoms with Gasteiger partial charge < -0.3 is 18.6 Å². The number of likely N-dealkylation sites (tertiary alicyclic amines) is 1. The normalized spacial score (nSPS) is 14.9. The summed E-state index contributed by atoms with van der Waals surface area (Å²) in [4.78, 5) is 31.5. The standard InChI is InChI=1S/C24H23N3O4/c1-26-14-18(17-6-2-4-8-20(17)26)24(29)30-15-22(28)27-12-10-16(11-13-27)23-25-19-7-3-5-9-21(19)31-23/h2-9,14,16H,10-13,15H2,1H3. The second kappa shape index (κ2) is 7.91. The first kappa shape index (κ1) is 19.4. The topological polar surface area (TPSA) is 77.6 Å². The van der Waals surface area contributed by atoms with Crippen LogP contribution in [-0.4, -0.2) is 46.0 Å². The molecule has 1 fully saturated rings. The van der Waals surface area contributed by atoms with Crippen molar-refractivity contribution in [1.82, 2.24) is 14.5 Å². The maximum absolute atomic E-state index is 12.6. The number of carbonyl (C=O) groups excluding carboxylic acids is 2. The molecule has 158 valence electrons. The second-order valence-electron chi connectivity index (χ2n) is 7.92. The van der Waals surface area contributed by atoms with E-state index in [9.17, 15) is 9.59 Å². The number of carbonyl (C=O) groups is 2. The molecule has 0 unspecified atom stereocenters. The van der Waals surface area contributed by atoms with Crippen LogP contribution in [0.25, 0.3) is 22.0 Å². The maximum atomic E-state index is 12.6. The number of esters is 1. The van der Waals surface area contributed by atoms with Gasteiger partial charge in [0.05, 0.1) is 5.56 Å². The van der Waals surface area contributed by atoms with Crippen molar-refractivity contribution < 1.29 is 18.7 Å². The smallest absolute Gasteiger partial charge is 0.340 e. The number of aromatic nitrogens is 2. The molecule has 2 aromatic heterocycles. The molecular weight excluding hydrogens is 394 g/mol. The van der Waals surface area contributed by atoms with E-state index in [1.165, 1.54) is 0 Å². The number of hydrogen-bond acceptors (Lipinski definition) is 5. The molecule has 1 aliphatic rings. The minimum atomic E-state index is -0.480. The van der Waals surface area contributed by atoms with Gasteiger partial charge in [0, 0.05) is 43.2 Å². The van der Waals surface area contributed by atoms with Crippen LogP contribution < -0.4 is 0 Å². The molecule has 2 aromatic carbocycles. The van der Waals surface area contributed by atoms with Crippen molar-refractivity contribution in [3.63, 3.8) is 0 Å². The fourth-order valence-electron chi connectivity index (χ4n) is 4.24. The zero-order valence-corrected chi connectivity index (χ0v) is 17.3. The lowest BCUT2D eigenvalue weighted by atomic mass is 9.97. The monoisotopic (exact) mass is 417 g/mol. The first-order valence-electron chi connectivity index (χ1n) is 10.4. The SMILES string of the molecule is Cn1cc(C(=O)OCC(=O)N2CCC(c3nc4ccccc4o3)CC2)c2ccccc21. The summed E-state index contributed by atoms with van der Waals surface area (Å²) in [6, 6.07) is 15.3. The fraction of sp³-hybridized carbons (Fsp3) is 0.292.